The molecule has 1 heterocycles. The average Bonchev–Trinajstić information content (AvgIpc) is 2.47. The second-order valence-corrected chi connectivity index (χ2v) is 5.01. The smallest absolute Gasteiger partial charge is 0.0708 e. The lowest BCUT2D eigenvalue weighted by Gasteiger charge is -2.13. The van der Waals surface area contributed by atoms with E-state index in [2.05, 4.69) is 68.4 Å². The molecule has 0 fully saturated rings. The highest BCUT2D eigenvalue weighted by Gasteiger charge is 2.11. The van der Waals surface area contributed by atoms with Crippen LogP contribution in [0, 0.1) is 6.92 Å². The molecule has 0 aliphatic rings. The monoisotopic (exact) mass is 247 g/mol. The summed E-state index contributed by atoms with van der Waals surface area (Å²) in [5.41, 5.74) is 4.83. The Labute approximate surface area is 113 Å². The molecule has 2 aromatic carbocycles. The number of hydrogen-bond acceptors (Lipinski definition) is 1. The molecule has 1 atom stereocenters. The summed E-state index contributed by atoms with van der Waals surface area (Å²) in [7, 11) is 0. The summed E-state index contributed by atoms with van der Waals surface area (Å²) in [6.45, 7) is 4.37. The number of nitrogens with zero attached hydrogens (tertiary/aromatic N) is 1. The molecule has 1 nitrogen and oxygen atoms in total. The summed E-state index contributed by atoms with van der Waals surface area (Å²) in [5.74, 6) is 0.324. The first kappa shape index (κ1) is 11.9. The molecule has 3 aromatic rings. The van der Waals surface area contributed by atoms with Crippen LogP contribution in [0.3, 0.4) is 0 Å². The first-order chi connectivity index (χ1) is 9.25. The van der Waals surface area contributed by atoms with Crippen LogP contribution in [0.25, 0.3) is 10.9 Å². The fraction of sp³-hybridized carbons (Fsp3) is 0.167. The van der Waals surface area contributed by atoms with E-state index < -0.39 is 0 Å². The van der Waals surface area contributed by atoms with Crippen molar-refractivity contribution in [1.82, 2.24) is 4.98 Å². The third kappa shape index (κ3) is 2.24. The van der Waals surface area contributed by atoms with Crippen molar-refractivity contribution in [2.24, 2.45) is 0 Å². The van der Waals surface area contributed by atoms with Crippen molar-refractivity contribution in [1.29, 1.82) is 0 Å². The van der Waals surface area contributed by atoms with Crippen molar-refractivity contribution in [3.05, 3.63) is 77.5 Å². The second-order valence-electron chi connectivity index (χ2n) is 5.01. The van der Waals surface area contributed by atoms with E-state index in [1.165, 1.54) is 16.5 Å². The molecule has 1 heteroatoms. The Bertz CT molecular complexity index is 701. The zero-order chi connectivity index (χ0) is 13.2. The largest absolute Gasteiger partial charge is 0.252 e. The molecule has 94 valence electrons. The number of aryl methyl sites for hydroxylation is 1. The SMILES string of the molecule is Cc1cc([C@@H](C)c2ccccc2)nc2ccccc12. The second kappa shape index (κ2) is 4.85. The number of hydrogen-bond donors (Lipinski definition) is 0. The molecule has 0 radical (unpaired) electrons. The van der Waals surface area contributed by atoms with Crippen molar-refractivity contribution in [3.8, 4) is 0 Å². The summed E-state index contributed by atoms with van der Waals surface area (Å²) < 4.78 is 0. The van der Waals surface area contributed by atoms with Gasteiger partial charge in [0.25, 0.3) is 0 Å². The van der Waals surface area contributed by atoms with Gasteiger partial charge in [0.1, 0.15) is 0 Å². The summed E-state index contributed by atoms with van der Waals surface area (Å²) in [5, 5.41) is 1.24. The Hall–Kier alpha value is -2.15. The zero-order valence-corrected chi connectivity index (χ0v) is 11.3. The van der Waals surface area contributed by atoms with Crippen LogP contribution in [0.1, 0.15) is 29.7 Å². The highest BCUT2D eigenvalue weighted by atomic mass is 14.7. The van der Waals surface area contributed by atoms with Crippen molar-refractivity contribution >= 4 is 10.9 Å². The van der Waals surface area contributed by atoms with Gasteiger partial charge in [0.05, 0.1) is 5.52 Å². The average molecular weight is 247 g/mol. The molecule has 0 bridgehead atoms. The molecule has 1 aromatic heterocycles. The van der Waals surface area contributed by atoms with Gasteiger partial charge >= 0.3 is 0 Å². The van der Waals surface area contributed by atoms with Crippen LogP contribution >= 0.6 is 0 Å². The maximum Gasteiger partial charge on any atom is 0.0708 e. The number of rotatable bonds is 2. The van der Waals surface area contributed by atoms with E-state index in [1.807, 2.05) is 6.07 Å². The molecule has 0 saturated heterocycles. The van der Waals surface area contributed by atoms with Crippen molar-refractivity contribution in [2.45, 2.75) is 19.8 Å². The van der Waals surface area contributed by atoms with E-state index in [9.17, 15) is 0 Å². The molecule has 0 spiro atoms. The summed E-state index contributed by atoms with van der Waals surface area (Å²) in [6, 6.07) is 21.1. The predicted octanol–water partition coefficient (Wildman–Crippen LogP) is 4.70. The summed E-state index contributed by atoms with van der Waals surface area (Å²) in [6.07, 6.45) is 0. The Morgan fingerprint density at radius 3 is 2.37 bits per heavy atom. The van der Waals surface area contributed by atoms with Crippen LogP contribution in [0.4, 0.5) is 0 Å². The van der Waals surface area contributed by atoms with Crippen LogP contribution in [-0.2, 0) is 0 Å². The number of aromatic nitrogens is 1. The van der Waals surface area contributed by atoms with E-state index in [-0.39, 0.29) is 0 Å². The van der Waals surface area contributed by atoms with Crippen molar-refractivity contribution < 1.29 is 0 Å². The van der Waals surface area contributed by atoms with E-state index in [4.69, 9.17) is 4.98 Å². The van der Waals surface area contributed by atoms with Crippen LogP contribution in [0.15, 0.2) is 60.7 Å². The Morgan fingerprint density at radius 1 is 0.895 bits per heavy atom. The molecular weight excluding hydrogens is 230 g/mol. The third-order valence-corrected chi connectivity index (χ3v) is 3.69. The van der Waals surface area contributed by atoms with Gasteiger partial charge < -0.3 is 0 Å². The number of benzene rings is 2. The zero-order valence-electron chi connectivity index (χ0n) is 11.3. The van der Waals surface area contributed by atoms with E-state index in [0.29, 0.717) is 5.92 Å². The minimum Gasteiger partial charge on any atom is -0.252 e. The maximum atomic E-state index is 4.81. The van der Waals surface area contributed by atoms with Crippen LogP contribution < -0.4 is 0 Å². The Kier molecular flexibility index (Phi) is 3.04. The van der Waals surface area contributed by atoms with Gasteiger partial charge in [0.2, 0.25) is 0 Å². The standard InChI is InChI=1S/C18H17N/c1-13-12-18(14(2)15-8-4-3-5-9-15)19-17-11-7-6-10-16(13)17/h3-12,14H,1-2H3/t14-/m0/s1. The molecule has 0 amide bonds. The molecule has 19 heavy (non-hydrogen) atoms. The summed E-state index contributed by atoms with van der Waals surface area (Å²) >= 11 is 0. The van der Waals surface area contributed by atoms with Crippen LogP contribution in [0.2, 0.25) is 0 Å². The molecule has 0 unspecified atom stereocenters. The molecule has 0 aliphatic carbocycles. The topological polar surface area (TPSA) is 12.9 Å². The highest BCUT2D eigenvalue weighted by molar-refractivity contribution is 5.82. The Morgan fingerprint density at radius 2 is 1.58 bits per heavy atom. The molecule has 0 aliphatic heterocycles. The van der Waals surface area contributed by atoms with Gasteiger partial charge in [-0.1, -0.05) is 55.5 Å². The maximum absolute atomic E-state index is 4.81. The molecule has 3 rings (SSSR count). The van der Waals surface area contributed by atoms with Gasteiger partial charge in [0.15, 0.2) is 0 Å². The van der Waals surface area contributed by atoms with Gasteiger partial charge in [-0.2, -0.15) is 0 Å². The van der Waals surface area contributed by atoms with Gasteiger partial charge in [-0.05, 0) is 30.2 Å². The van der Waals surface area contributed by atoms with Gasteiger partial charge in [-0.15, -0.1) is 0 Å². The van der Waals surface area contributed by atoms with E-state index in [0.717, 1.165) is 11.2 Å². The van der Waals surface area contributed by atoms with E-state index >= 15 is 0 Å². The molecular formula is C18H17N. The molecule has 0 N–H and O–H groups in total. The first-order valence-electron chi connectivity index (χ1n) is 6.67. The van der Waals surface area contributed by atoms with Gasteiger partial charge in [-0.3, -0.25) is 4.98 Å². The van der Waals surface area contributed by atoms with E-state index in [1.54, 1.807) is 0 Å². The lowest BCUT2D eigenvalue weighted by Crippen LogP contribution is -2.00. The predicted molar refractivity (Wildman–Crippen MR) is 80.4 cm³/mol. The fourth-order valence-electron chi connectivity index (χ4n) is 2.51. The minimum atomic E-state index is 0.324. The third-order valence-electron chi connectivity index (χ3n) is 3.69. The lowest BCUT2D eigenvalue weighted by atomic mass is 9.95. The lowest BCUT2D eigenvalue weighted by molar-refractivity contribution is 0.878. The highest BCUT2D eigenvalue weighted by Crippen LogP contribution is 2.26. The van der Waals surface area contributed by atoms with Gasteiger partial charge in [0, 0.05) is 17.0 Å². The normalized spacial score (nSPS) is 12.5. The van der Waals surface area contributed by atoms with Crippen molar-refractivity contribution in [3.63, 3.8) is 0 Å². The fourth-order valence-corrected chi connectivity index (χ4v) is 2.51. The summed E-state index contributed by atoms with van der Waals surface area (Å²) in [4.78, 5) is 4.81. The number of pyridine rings is 1. The first-order valence-corrected chi connectivity index (χ1v) is 6.67. The van der Waals surface area contributed by atoms with Crippen molar-refractivity contribution in [2.75, 3.05) is 0 Å². The minimum absolute atomic E-state index is 0.324. The van der Waals surface area contributed by atoms with Crippen LogP contribution in [0.5, 0.6) is 0 Å². The quantitative estimate of drug-likeness (QED) is 0.640. The number of para-hydroxylation sites is 1. The van der Waals surface area contributed by atoms with Gasteiger partial charge in [-0.25, -0.2) is 0 Å². The molecule has 0 saturated carbocycles. The van der Waals surface area contributed by atoms with Crippen LogP contribution in [-0.4, -0.2) is 4.98 Å². The Balaban J connectivity index is 2.11. The number of fused-ring (bicyclic) bond motifs is 1.